The topological polar surface area (TPSA) is 49.7 Å². The average Bonchev–Trinajstić information content (AvgIpc) is 3.08. The minimum absolute atomic E-state index is 0.114. The van der Waals surface area contributed by atoms with Crippen LogP contribution in [0.2, 0.25) is 0 Å². The first kappa shape index (κ1) is 15.1. The Balaban J connectivity index is 1.56. The van der Waals surface area contributed by atoms with E-state index in [-0.39, 0.29) is 5.92 Å². The Labute approximate surface area is 126 Å². The van der Waals surface area contributed by atoms with Crippen molar-refractivity contribution in [2.24, 2.45) is 7.05 Å². The van der Waals surface area contributed by atoms with Crippen molar-refractivity contribution < 1.29 is 13.2 Å². The monoisotopic (exact) mass is 313 g/mol. The smallest absolute Gasteiger partial charge is 0.340 e. The molecular formula is C14H18F3N5. The standard InChI is InChI=1S/C14H18F3N5/c1-21-7-11(18-9-21)8-22-4-2-10(3-5-22)12-6-13(20-19-12)14(15,16)17/h6-7,9-10H,2-5,8H2,1H3,(H,19,20). The van der Waals surface area contributed by atoms with Gasteiger partial charge in [0.15, 0.2) is 5.69 Å². The molecule has 1 saturated heterocycles. The molecule has 0 radical (unpaired) electrons. The lowest BCUT2D eigenvalue weighted by Gasteiger charge is -2.30. The van der Waals surface area contributed by atoms with Crippen LogP contribution in [0, 0.1) is 0 Å². The van der Waals surface area contributed by atoms with Crippen LogP contribution >= 0.6 is 0 Å². The second-order valence-electron chi connectivity index (χ2n) is 5.79. The summed E-state index contributed by atoms with van der Waals surface area (Å²) >= 11 is 0. The molecular weight excluding hydrogens is 295 g/mol. The molecule has 0 saturated carbocycles. The molecule has 0 unspecified atom stereocenters. The molecule has 120 valence electrons. The summed E-state index contributed by atoms with van der Waals surface area (Å²) in [5.74, 6) is 0.114. The van der Waals surface area contributed by atoms with Crippen LogP contribution in [0.4, 0.5) is 13.2 Å². The number of imidazole rings is 1. The molecule has 0 bridgehead atoms. The second-order valence-corrected chi connectivity index (χ2v) is 5.79. The van der Waals surface area contributed by atoms with Gasteiger partial charge in [0.2, 0.25) is 0 Å². The summed E-state index contributed by atoms with van der Waals surface area (Å²) in [6.45, 7) is 2.48. The van der Waals surface area contributed by atoms with Crippen LogP contribution in [0.3, 0.4) is 0 Å². The SMILES string of the molecule is Cn1cnc(CN2CCC(c3cc(C(F)(F)F)n[nH]3)CC2)c1. The van der Waals surface area contributed by atoms with Gasteiger partial charge in [-0.15, -0.1) is 0 Å². The Hall–Kier alpha value is -1.83. The highest BCUT2D eigenvalue weighted by atomic mass is 19.4. The zero-order valence-corrected chi connectivity index (χ0v) is 12.3. The first-order chi connectivity index (χ1) is 10.4. The van der Waals surface area contributed by atoms with Gasteiger partial charge >= 0.3 is 6.18 Å². The summed E-state index contributed by atoms with van der Waals surface area (Å²) in [7, 11) is 1.93. The van der Waals surface area contributed by atoms with E-state index in [0.717, 1.165) is 44.2 Å². The molecule has 22 heavy (non-hydrogen) atoms. The van der Waals surface area contributed by atoms with Gasteiger partial charge in [-0.2, -0.15) is 18.3 Å². The van der Waals surface area contributed by atoms with E-state index in [1.54, 1.807) is 6.33 Å². The van der Waals surface area contributed by atoms with Crippen LogP contribution in [-0.2, 0) is 19.8 Å². The molecule has 3 rings (SSSR count). The molecule has 1 aliphatic rings. The number of piperidine rings is 1. The molecule has 3 heterocycles. The Morgan fingerprint density at radius 2 is 2.05 bits per heavy atom. The first-order valence-corrected chi connectivity index (χ1v) is 7.23. The Bertz CT molecular complexity index is 622. The predicted molar refractivity (Wildman–Crippen MR) is 74.0 cm³/mol. The number of aromatic amines is 1. The van der Waals surface area contributed by atoms with Crippen molar-refractivity contribution in [3.8, 4) is 0 Å². The summed E-state index contributed by atoms with van der Waals surface area (Å²) in [4.78, 5) is 6.58. The number of hydrogen-bond acceptors (Lipinski definition) is 3. The number of aryl methyl sites for hydroxylation is 1. The number of halogens is 3. The normalized spacial score (nSPS) is 18.0. The number of nitrogens with one attached hydrogen (secondary N) is 1. The van der Waals surface area contributed by atoms with E-state index >= 15 is 0 Å². The zero-order valence-electron chi connectivity index (χ0n) is 12.3. The number of aromatic nitrogens is 4. The molecule has 5 nitrogen and oxygen atoms in total. The van der Waals surface area contributed by atoms with Crippen LogP contribution in [0.15, 0.2) is 18.6 Å². The highest BCUT2D eigenvalue weighted by Gasteiger charge is 2.35. The number of H-pyrrole nitrogens is 1. The Morgan fingerprint density at radius 3 is 2.59 bits per heavy atom. The molecule has 1 fully saturated rings. The minimum atomic E-state index is -4.38. The van der Waals surface area contributed by atoms with Crippen molar-refractivity contribution in [1.29, 1.82) is 0 Å². The molecule has 8 heteroatoms. The molecule has 2 aromatic heterocycles. The number of nitrogens with zero attached hydrogens (tertiary/aromatic N) is 4. The summed E-state index contributed by atoms with van der Waals surface area (Å²) < 4.78 is 39.6. The molecule has 0 atom stereocenters. The lowest BCUT2D eigenvalue weighted by atomic mass is 9.93. The van der Waals surface area contributed by atoms with Crippen molar-refractivity contribution in [3.63, 3.8) is 0 Å². The van der Waals surface area contributed by atoms with Gasteiger partial charge in [0, 0.05) is 31.4 Å². The van der Waals surface area contributed by atoms with E-state index in [0.29, 0.717) is 5.69 Å². The summed E-state index contributed by atoms with van der Waals surface area (Å²) in [6.07, 6.45) is 1.02. The van der Waals surface area contributed by atoms with E-state index < -0.39 is 11.9 Å². The van der Waals surface area contributed by atoms with Crippen molar-refractivity contribution in [1.82, 2.24) is 24.6 Å². The zero-order chi connectivity index (χ0) is 15.7. The van der Waals surface area contributed by atoms with E-state index in [4.69, 9.17) is 0 Å². The van der Waals surface area contributed by atoms with E-state index in [1.165, 1.54) is 0 Å². The van der Waals surface area contributed by atoms with Crippen molar-refractivity contribution >= 4 is 0 Å². The first-order valence-electron chi connectivity index (χ1n) is 7.23. The van der Waals surface area contributed by atoms with Gasteiger partial charge in [-0.3, -0.25) is 10.00 Å². The van der Waals surface area contributed by atoms with Gasteiger partial charge < -0.3 is 4.57 Å². The molecule has 0 amide bonds. The fourth-order valence-electron chi connectivity index (χ4n) is 2.87. The van der Waals surface area contributed by atoms with E-state index in [9.17, 15) is 13.2 Å². The van der Waals surface area contributed by atoms with Gasteiger partial charge in [-0.1, -0.05) is 0 Å². The fraction of sp³-hybridized carbons (Fsp3) is 0.571. The largest absolute Gasteiger partial charge is 0.435 e. The highest BCUT2D eigenvalue weighted by molar-refractivity contribution is 5.16. The van der Waals surface area contributed by atoms with Crippen LogP contribution in [0.5, 0.6) is 0 Å². The summed E-state index contributed by atoms with van der Waals surface area (Å²) in [5, 5.41) is 5.92. The number of rotatable bonds is 3. The van der Waals surface area contributed by atoms with Crippen LogP contribution < -0.4 is 0 Å². The molecule has 1 N–H and O–H groups in total. The quantitative estimate of drug-likeness (QED) is 0.947. The average molecular weight is 313 g/mol. The molecule has 0 spiro atoms. The van der Waals surface area contributed by atoms with E-state index in [2.05, 4.69) is 20.1 Å². The third kappa shape index (κ3) is 3.32. The van der Waals surface area contributed by atoms with Crippen LogP contribution in [0.25, 0.3) is 0 Å². The maximum absolute atomic E-state index is 12.6. The van der Waals surface area contributed by atoms with Crippen LogP contribution in [-0.4, -0.2) is 37.7 Å². The Kier molecular flexibility index (Phi) is 3.94. The van der Waals surface area contributed by atoms with Crippen molar-refractivity contribution in [3.05, 3.63) is 35.7 Å². The van der Waals surface area contributed by atoms with Crippen LogP contribution in [0.1, 0.15) is 35.8 Å². The van der Waals surface area contributed by atoms with Gasteiger partial charge in [0.05, 0.1) is 12.0 Å². The van der Waals surface area contributed by atoms with Gasteiger partial charge in [-0.25, -0.2) is 4.98 Å². The molecule has 0 aromatic carbocycles. The predicted octanol–water partition coefficient (Wildman–Crippen LogP) is 2.54. The third-order valence-electron chi connectivity index (χ3n) is 4.06. The molecule has 1 aliphatic heterocycles. The summed E-state index contributed by atoms with van der Waals surface area (Å²) in [5.41, 5.74) is 0.769. The molecule has 2 aromatic rings. The lowest BCUT2D eigenvalue weighted by Crippen LogP contribution is -2.32. The van der Waals surface area contributed by atoms with E-state index in [1.807, 2.05) is 17.8 Å². The third-order valence-corrected chi connectivity index (χ3v) is 4.06. The maximum Gasteiger partial charge on any atom is 0.435 e. The highest BCUT2D eigenvalue weighted by Crippen LogP contribution is 2.32. The fourth-order valence-corrected chi connectivity index (χ4v) is 2.87. The maximum atomic E-state index is 12.6. The minimum Gasteiger partial charge on any atom is -0.340 e. The number of hydrogen-bond donors (Lipinski definition) is 1. The van der Waals surface area contributed by atoms with Gasteiger partial charge in [-0.05, 0) is 32.0 Å². The summed E-state index contributed by atoms with van der Waals surface area (Å²) in [6, 6.07) is 1.14. The van der Waals surface area contributed by atoms with Gasteiger partial charge in [0.25, 0.3) is 0 Å². The lowest BCUT2D eigenvalue weighted by molar-refractivity contribution is -0.141. The number of alkyl halides is 3. The number of likely N-dealkylation sites (tertiary alicyclic amines) is 1. The van der Waals surface area contributed by atoms with Crippen molar-refractivity contribution in [2.75, 3.05) is 13.1 Å². The molecule has 0 aliphatic carbocycles. The van der Waals surface area contributed by atoms with Crippen molar-refractivity contribution in [2.45, 2.75) is 31.5 Å². The Morgan fingerprint density at radius 1 is 1.32 bits per heavy atom. The second kappa shape index (κ2) is 5.75. The van der Waals surface area contributed by atoms with Gasteiger partial charge in [0.1, 0.15) is 0 Å².